The lowest BCUT2D eigenvalue weighted by molar-refractivity contribution is 0.0942. The van der Waals surface area contributed by atoms with Crippen molar-refractivity contribution in [1.29, 1.82) is 0 Å². The van der Waals surface area contributed by atoms with Crippen LogP contribution in [0.25, 0.3) is 0 Å². The highest BCUT2D eigenvalue weighted by Gasteiger charge is 2.26. The predicted octanol–water partition coefficient (Wildman–Crippen LogP) is 3.65. The minimum absolute atomic E-state index is 0.675. The number of nitrogens with zero attached hydrogens (tertiary/aromatic N) is 4. The van der Waals surface area contributed by atoms with Gasteiger partial charge in [0, 0.05) is 75.6 Å². The van der Waals surface area contributed by atoms with Gasteiger partial charge in [-0.1, -0.05) is 0 Å². The first kappa shape index (κ1) is 16.9. The maximum Gasteiger partial charge on any atom is 0.0355 e. The van der Waals surface area contributed by atoms with Gasteiger partial charge in [-0.2, -0.15) is 0 Å². The van der Waals surface area contributed by atoms with Crippen LogP contribution < -0.4 is 0 Å². The lowest BCUT2D eigenvalue weighted by atomic mass is 10.0. The summed E-state index contributed by atoms with van der Waals surface area (Å²) in [6, 6.07) is 10.7. The Labute approximate surface area is 152 Å². The molecule has 2 aliphatic rings. The number of likely N-dealkylation sites (tertiary alicyclic amines) is 2. The Morgan fingerprint density at radius 1 is 0.720 bits per heavy atom. The SMILES string of the molecule is CC(CN1CCC(n2cccc2)CC1)N1CCC(n2cccc2)CC1. The molecule has 4 heterocycles. The predicted molar refractivity (Wildman–Crippen MR) is 103 cm³/mol. The zero-order valence-corrected chi connectivity index (χ0v) is 15.5. The van der Waals surface area contributed by atoms with Crippen LogP contribution in [0.3, 0.4) is 0 Å². The van der Waals surface area contributed by atoms with Crippen molar-refractivity contribution in [3.05, 3.63) is 49.1 Å². The zero-order valence-electron chi connectivity index (χ0n) is 15.5. The van der Waals surface area contributed by atoms with E-state index in [1.54, 1.807) is 0 Å². The van der Waals surface area contributed by atoms with E-state index < -0.39 is 0 Å². The van der Waals surface area contributed by atoms with Gasteiger partial charge in [0.05, 0.1) is 0 Å². The van der Waals surface area contributed by atoms with E-state index in [4.69, 9.17) is 0 Å². The van der Waals surface area contributed by atoms with E-state index in [2.05, 4.69) is 74.9 Å². The normalized spacial score (nSPS) is 23.1. The molecule has 4 heteroatoms. The van der Waals surface area contributed by atoms with Gasteiger partial charge >= 0.3 is 0 Å². The van der Waals surface area contributed by atoms with Gasteiger partial charge in [0.25, 0.3) is 0 Å². The van der Waals surface area contributed by atoms with E-state index >= 15 is 0 Å². The van der Waals surface area contributed by atoms with Crippen molar-refractivity contribution >= 4 is 0 Å². The molecule has 0 radical (unpaired) electrons. The molecule has 0 N–H and O–H groups in total. The summed E-state index contributed by atoms with van der Waals surface area (Å²) in [7, 11) is 0. The molecule has 0 aliphatic carbocycles. The summed E-state index contributed by atoms with van der Waals surface area (Å²) in [6.07, 6.45) is 14.0. The lowest BCUT2D eigenvalue weighted by Crippen LogP contribution is -2.47. The summed E-state index contributed by atoms with van der Waals surface area (Å²) >= 11 is 0. The van der Waals surface area contributed by atoms with Crippen molar-refractivity contribution < 1.29 is 0 Å². The van der Waals surface area contributed by atoms with E-state index in [0.717, 1.165) is 0 Å². The molecule has 2 aromatic rings. The maximum atomic E-state index is 2.71. The molecule has 25 heavy (non-hydrogen) atoms. The number of piperidine rings is 2. The van der Waals surface area contributed by atoms with Gasteiger partial charge < -0.3 is 14.0 Å². The summed E-state index contributed by atoms with van der Waals surface area (Å²) in [6.45, 7) is 8.62. The van der Waals surface area contributed by atoms with Gasteiger partial charge in [-0.3, -0.25) is 4.90 Å². The topological polar surface area (TPSA) is 16.3 Å². The molecule has 2 saturated heterocycles. The minimum Gasteiger partial charge on any atom is -0.351 e. The smallest absolute Gasteiger partial charge is 0.0355 e. The third-order valence-corrected chi connectivity index (χ3v) is 6.30. The van der Waals surface area contributed by atoms with Gasteiger partial charge in [0.2, 0.25) is 0 Å². The molecule has 4 nitrogen and oxygen atoms in total. The van der Waals surface area contributed by atoms with Crippen LogP contribution in [0.4, 0.5) is 0 Å². The van der Waals surface area contributed by atoms with Crippen LogP contribution in [0.15, 0.2) is 49.1 Å². The van der Waals surface area contributed by atoms with Gasteiger partial charge in [-0.05, 0) is 56.9 Å². The second kappa shape index (κ2) is 7.79. The first-order chi connectivity index (χ1) is 12.3. The lowest BCUT2D eigenvalue weighted by Gasteiger charge is -2.40. The Morgan fingerprint density at radius 3 is 1.64 bits per heavy atom. The number of hydrogen-bond acceptors (Lipinski definition) is 2. The number of hydrogen-bond donors (Lipinski definition) is 0. The molecule has 136 valence electrons. The van der Waals surface area contributed by atoms with Crippen molar-refractivity contribution in [3.63, 3.8) is 0 Å². The summed E-state index contributed by atoms with van der Waals surface area (Å²) in [4.78, 5) is 5.39. The molecule has 2 aromatic heterocycles. The molecule has 1 unspecified atom stereocenters. The van der Waals surface area contributed by atoms with Crippen LogP contribution in [-0.2, 0) is 0 Å². The molecular formula is C21H32N4. The van der Waals surface area contributed by atoms with E-state index in [-0.39, 0.29) is 0 Å². The summed E-state index contributed by atoms with van der Waals surface area (Å²) in [5, 5.41) is 0. The molecule has 4 rings (SSSR count). The van der Waals surface area contributed by atoms with Crippen molar-refractivity contribution in [2.45, 2.75) is 50.7 Å². The molecule has 0 bridgehead atoms. The standard InChI is InChI=1S/C21H32N4/c1-19(23-16-8-21(9-17-23)25-12-4-5-13-25)18-22-14-6-20(7-15-22)24-10-2-3-11-24/h2-5,10-13,19-21H,6-9,14-18H2,1H3. The average Bonchev–Trinajstić information content (AvgIpc) is 3.36. The molecule has 2 fully saturated rings. The zero-order chi connectivity index (χ0) is 17.1. The number of rotatable bonds is 5. The Kier molecular flexibility index (Phi) is 5.28. The first-order valence-corrected chi connectivity index (χ1v) is 10.0. The molecular weight excluding hydrogens is 308 g/mol. The monoisotopic (exact) mass is 340 g/mol. The largest absolute Gasteiger partial charge is 0.351 e. The van der Waals surface area contributed by atoms with Gasteiger partial charge in [0.15, 0.2) is 0 Å². The first-order valence-electron chi connectivity index (χ1n) is 10.0. The van der Waals surface area contributed by atoms with Crippen LogP contribution in [0.1, 0.15) is 44.7 Å². The second-order valence-electron chi connectivity index (χ2n) is 7.91. The van der Waals surface area contributed by atoms with E-state index in [0.29, 0.717) is 18.1 Å². The van der Waals surface area contributed by atoms with Crippen molar-refractivity contribution in [2.24, 2.45) is 0 Å². The highest BCUT2D eigenvalue weighted by Crippen LogP contribution is 2.26. The fraction of sp³-hybridized carbons (Fsp3) is 0.619. The van der Waals surface area contributed by atoms with E-state index in [1.807, 2.05) is 0 Å². The Balaban J connectivity index is 1.21. The third-order valence-electron chi connectivity index (χ3n) is 6.30. The molecule has 0 amide bonds. The van der Waals surface area contributed by atoms with Crippen LogP contribution in [-0.4, -0.2) is 57.7 Å². The highest BCUT2D eigenvalue weighted by molar-refractivity contribution is 4.96. The molecule has 0 spiro atoms. The van der Waals surface area contributed by atoms with Crippen molar-refractivity contribution in [2.75, 3.05) is 32.7 Å². The number of aromatic nitrogens is 2. The third kappa shape index (κ3) is 4.01. The molecule has 1 atom stereocenters. The fourth-order valence-electron chi connectivity index (χ4n) is 4.70. The van der Waals surface area contributed by atoms with Crippen LogP contribution in [0, 0.1) is 0 Å². The molecule has 0 saturated carbocycles. The summed E-state index contributed by atoms with van der Waals surface area (Å²) < 4.78 is 4.79. The van der Waals surface area contributed by atoms with Gasteiger partial charge in [0.1, 0.15) is 0 Å². The minimum atomic E-state index is 0.675. The molecule has 2 aliphatic heterocycles. The van der Waals surface area contributed by atoms with Crippen molar-refractivity contribution in [3.8, 4) is 0 Å². The highest BCUT2D eigenvalue weighted by atomic mass is 15.2. The average molecular weight is 341 g/mol. The van der Waals surface area contributed by atoms with Gasteiger partial charge in [-0.15, -0.1) is 0 Å². The van der Waals surface area contributed by atoms with E-state index in [9.17, 15) is 0 Å². The van der Waals surface area contributed by atoms with Crippen LogP contribution in [0.2, 0.25) is 0 Å². The van der Waals surface area contributed by atoms with E-state index in [1.165, 1.54) is 58.4 Å². The summed E-state index contributed by atoms with van der Waals surface area (Å²) in [5.41, 5.74) is 0. The quantitative estimate of drug-likeness (QED) is 0.826. The molecule has 0 aromatic carbocycles. The van der Waals surface area contributed by atoms with Crippen LogP contribution in [0.5, 0.6) is 0 Å². The summed E-state index contributed by atoms with van der Waals surface area (Å²) in [5.74, 6) is 0. The maximum absolute atomic E-state index is 2.71. The van der Waals surface area contributed by atoms with Crippen molar-refractivity contribution in [1.82, 2.24) is 18.9 Å². The Morgan fingerprint density at radius 2 is 1.16 bits per heavy atom. The fourth-order valence-corrected chi connectivity index (χ4v) is 4.70. The van der Waals surface area contributed by atoms with Gasteiger partial charge in [-0.25, -0.2) is 0 Å². The Hall–Kier alpha value is -1.52. The Bertz CT molecular complexity index is 602. The van der Waals surface area contributed by atoms with Crippen LogP contribution >= 0.6 is 0 Å². The second-order valence-corrected chi connectivity index (χ2v) is 7.91.